The van der Waals surface area contributed by atoms with Gasteiger partial charge in [-0.2, -0.15) is 0 Å². The van der Waals surface area contributed by atoms with Crippen LogP contribution in [0.25, 0.3) is 0 Å². The van der Waals surface area contributed by atoms with E-state index in [9.17, 15) is 0 Å². The number of nitrogens with one attached hydrogen (secondary N) is 2. The zero-order valence-corrected chi connectivity index (χ0v) is 17.1. The molecule has 0 atom stereocenters. The first-order valence-electron chi connectivity index (χ1n) is 8.65. The summed E-state index contributed by atoms with van der Waals surface area (Å²) in [5.41, 5.74) is 0.908. The molecule has 6 nitrogen and oxygen atoms in total. The van der Waals surface area contributed by atoms with Crippen LogP contribution >= 0.6 is 23.1 Å². The minimum atomic E-state index is 0.588. The van der Waals surface area contributed by atoms with Gasteiger partial charge in [-0.1, -0.05) is 11.8 Å². The van der Waals surface area contributed by atoms with Crippen LogP contribution in [0.5, 0.6) is 11.5 Å². The van der Waals surface area contributed by atoms with Gasteiger partial charge in [0.1, 0.15) is 4.34 Å². The van der Waals surface area contributed by atoms with E-state index in [0.717, 1.165) is 52.7 Å². The van der Waals surface area contributed by atoms with Gasteiger partial charge in [-0.05, 0) is 32.4 Å². The van der Waals surface area contributed by atoms with E-state index in [1.54, 1.807) is 30.2 Å². The fraction of sp³-hybridized carbons (Fsp3) is 0.444. The van der Waals surface area contributed by atoms with E-state index in [2.05, 4.69) is 27.5 Å². The van der Waals surface area contributed by atoms with Crippen LogP contribution in [0, 0.1) is 0 Å². The monoisotopic (exact) mass is 394 g/mol. The third-order valence-corrected chi connectivity index (χ3v) is 5.33. The van der Waals surface area contributed by atoms with E-state index in [1.165, 1.54) is 0 Å². The van der Waals surface area contributed by atoms with Crippen LogP contribution in [0.1, 0.15) is 20.3 Å². The molecule has 0 radical (unpaired) electrons. The summed E-state index contributed by atoms with van der Waals surface area (Å²) in [6.45, 7) is 6.14. The maximum atomic E-state index is 5.63. The normalized spacial score (nSPS) is 11.3. The first-order chi connectivity index (χ1) is 12.8. The first kappa shape index (κ1) is 20.4. The number of rotatable bonds is 10. The van der Waals surface area contributed by atoms with Crippen molar-refractivity contribution in [1.29, 1.82) is 0 Å². The van der Waals surface area contributed by atoms with E-state index < -0.39 is 0 Å². The first-order valence-corrected chi connectivity index (χ1v) is 10.5. The predicted molar refractivity (Wildman–Crippen MR) is 111 cm³/mol. The number of benzene rings is 1. The average Bonchev–Trinajstić information content (AvgIpc) is 3.15. The second kappa shape index (κ2) is 11.6. The number of thiazole rings is 1. The topological polar surface area (TPSA) is 67.8 Å². The summed E-state index contributed by atoms with van der Waals surface area (Å²) in [5, 5.41) is 8.59. The Labute approximate surface area is 163 Å². The molecule has 0 amide bonds. The summed E-state index contributed by atoms with van der Waals surface area (Å²) >= 11 is 3.45. The molecule has 1 aromatic carbocycles. The molecule has 2 N–H and O–H groups in total. The van der Waals surface area contributed by atoms with Crippen LogP contribution in [0.2, 0.25) is 0 Å². The van der Waals surface area contributed by atoms with Gasteiger partial charge in [0, 0.05) is 42.2 Å². The van der Waals surface area contributed by atoms with Crippen LogP contribution in [0.15, 0.2) is 39.1 Å². The van der Waals surface area contributed by atoms with Crippen LogP contribution in [0.3, 0.4) is 0 Å². The van der Waals surface area contributed by atoms with E-state index in [1.807, 2.05) is 36.7 Å². The van der Waals surface area contributed by atoms with Crippen molar-refractivity contribution in [2.24, 2.45) is 4.99 Å². The Morgan fingerprint density at radius 2 is 2.19 bits per heavy atom. The van der Waals surface area contributed by atoms with Crippen molar-refractivity contribution in [3.8, 4) is 11.5 Å². The zero-order valence-electron chi connectivity index (χ0n) is 15.4. The van der Waals surface area contributed by atoms with Crippen molar-refractivity contribution in [3.05, 3.63) is 29.8 Å². The summed E-state index contributed by atoms with van der Waals surface area (Å²) in [7, 11) is 1.64. The molecule has 0 aliphatic carbocycles. The van der Waals surface area contributed by atoms with Crippen molar-refractivity contribution >= 4 is 34.7 Å². The summed E-state index contributed by atoms with van der Waals surface area (Å²) < 4.78 is 12.1. The Morgan fingerprint density at radius 3 is 2.88 bits per heavy atom. The fourth-order valence-corrected chi connectivity index (χ4v) is 3.80. The van der Waals surface area contributed by atoms with E-state index in [0.29, 0.717) is 6.61 Å². The Morgan fingerprint density at radius 1 is 1.31 bits per heavy atom. The van der Waals surface area contributed by atoms with Gasteiger partial charge in [0.2, 0.25) is 0 Å². The van der Waals surface area contributed by atoms with Gasteiger partial charge in [-0.15, -0.1) is 11.3 Å². The van der Waals surface area contributed by atoms with Crippen molar-refractivity contribution in [2.75, 3.05) is 37.9 Å². The maximum absolute atomic E-state index is 5.63. The third kappa shape index (κ3) is 6.76. The minimum absolute atomic E-state index is 0.588. The van der Waals surface area contributed by atoms with Gasteiger partial charge >= 0.3 is 0 Å². The molecule has 0 saturated carbocycles. The molecule has 142 valence electrons. The number of thioether (sulfide) groups is 1. The third-order valence-electron chi connectivity index (χ3n) is 3.28. The lowest BCUT2D eigenvalue weighted by Crippen LogP contribution is -2.30. The summed E-state index contributed by atoms with van der Waals surface area (Å²) in [5.74, 6) is 3.21. The predicted octanol–water partition coefficient (Wildman–Crippen LogP) is 4.11. The molecule has 2 aromatic rings. The molecule has 0 aliphatic rings. The molecule has 0 aliphatic heterocycles. The molecule has 1 heterocycles. The molecule has 1 aromatic heterocycles. The van der Waals surface area contributed by atoms with E-state index in [4.69, 9.17) is 9.47 Å². The minimum Gasteiger partial charge on any atom is -0.493 e. The lowest BCUT2D eigenvalue weighted by molar-refractivity contribution is 0.311. The average molecular weight is 395 g/mol. The highest BCUT2D eigenvalue weighted by atomic mass is 32.2. The number of aromatic nitrogens is 1. The molecule has 8 heteroatoms. The number of ether oxygens (including phenoxy) is 2. The van der Waals surface area contributed by atoms with Gasteiger partial charge < -0.3 is 20.1 Å². The highest BCUT2D eigenvalue weighted by Gasteiger charge is 2.07. The number of nitrogens with zero attached hydrogens (tertiary/aromatic N) is 2. The number of hydrogen-bond acceptors (Lipinski definition) is 6. The standard InChI is InChI=1S/C18H26N4O2S2/c1-4-19-17(20-9-6-11-25-18-21-10-12-26-18)22-14-7-8-15(23-3)16(13-14)24-5-2/h7-8,10,12-13H,4-6,9,11H2,1-3H3,(H2,19,20,22). The SMILES string of the molecule is CCNC(=NCCCSc1nccs1)Nc1ccc(OC)c(OCC)c1. The van der Waals surface area contributed by atoms with Crippen LogP contribution < -0.4 is 20.1 Å². The summed E-state index contributed by atoms with van der Waals surface area (Å²) in [6, 6.07) is 5.77. The molecule has 2 rings (SSSR count). The van der Waals surface area contributed by atoms with Gasteiger partial charge in [0.05, 0.1) is 13.7 Å². The quantitative estimate of drug-likeness (QED) is 0.274. The number of hydrogen-bond donors (Lipinski definition) is 2. The zero-order chi connectivity index (χ0) is 18.6. The van der Waals surface area contributed by atoms with Crippen molar-refractivity contribution in [3.63, 3.8) is 0 Å². The van der Waals surface area contributed by atoms with E-state index in [-0.39, 0.29) is 0 Å². The smallest absolute Gasteiger partial charge is 0.195 e. The van der Waals surface area contributed by atoms with Crippen molar-refractivity contribution < 1.29 is 9.47 Å². The highest BCUT2D eigenvalue weighted by molar-refractivity contribution is 8.00. The largest absolute Gasteiger partial charge is 0.493 e. The van der Waals surface area contributed by atoms with Crippen LogP contribution in [-0.4, -0.2) is 43.5 Å². The summed E-state index contributed by atoms with van der Waals surface area (Å²) in [6.07, 6.45) is 2.83. The van der Waals surface area contributed by atoms with Crippen LogP contribution in [0.4, 0.5) is 5.69 Å². The van der Waals surface area contributed by atoms with E-state index >= 15 is 0 Å². The Hall–Kier alpha value is -1.93. The number of methoxy groups -OCH3 is 1. The molecular weight excluding hydrogens is 368 g/mol. The number of aliphatic imine (C=N–C) groups is 1. The van der Waals surface area contributed by atoms with Gasteiger partial charge in [-0.3, -0.25) is 4.99 Å². The number of guanidine groups is 1. The van der Waals surface area contributed by atoms with Crippen molar-refractivity contribution in [1.82, 2.24) is 10.3 Å². The second-order valence-corrected chi connectivity index (χ2v) is 7.42. The lowest BCUT2D eigenvalue weighted by Gasteiger charge is -2.14. The lowest BCUT2D eigenvalue weighted by atomic mass is 10.2. The summed E-state index contributed by atoms with van der Waals surface area (Å²) in [4.78, 5) is 8.91. The van der Waals surface area contributed by atoms with Crippen LogP contribution in [-0.2, 0) is 0 Å². The molecule has 0 spiro atoms. The molecule has 0 unspecified atom stereocenters. The molecule has 0 saturated heterocycles. The highest BCUT2D eigenvalue weighted by Crippen LogP contribution is 2.30. The molecule has 0 fully saturated rings. The molecule has 0 bridgehead atoms. The Kier molecular flexibility index (Phi) is 9.13. The fourth-order valence-electron chi connectivity index (χ4n) is 2.16. The Bertz CT molecular complexity index is 678. The molecule has 26 heavy (non-hydrogen) atoms. The van der Waals surface area contributed by atoms with Gasteiger partial charge in [0.15, 0.2) is 17.5 Å². The Balaban J connectivity index is 1.90. The second-order valence-electron chi connectivity index (χ2n) is 5.18. The number of anilines is 1. The molecular formula is C18H26N4O2S2. The van der Waals surface area contributed by atoms with Crippen molar-refractivity contribution in [2.45, 2.75) is 24.6 Å². The maximum Gasteiger partial charge on any atom is 0.195 e. The van der Waals surface area contributed by atoms with Gasteiger partial charge in [-0.25, -0.2) is 4.98 Å². The van der Waals surface area contributed by atoms with Gasteiger partial charge in [0.25, 0.3) is 0 Å².